The van der Waals surface area contributed by atoms with E-state index in [0.717, 1.165) is 11.1 Å². The predicted octanol–water partition coefficient (Wildman–Crippen LogP) is 3.16. The van der Waals surface area contributed by atoms with E-state index in [4.69, 9.17) is 0 Å². The second-order valence-electron chi connectivity index (χ2n) is 5.18. The summed E-state index contributed by atoms with van der Waals surface area (Å²) in [6.45, 7) is 3.31. The van der Waals surface area contributed by atoms with Crippen LogP contribution in [0.5, 0.6) is 0 Å². The van der Waals surface area contributed by atoms with E-state index in [0.29, 0.717) is 0 Å². The second kappa shape index (κ2) is 5.55. The van der Waals surface area contributed by atoms with Crippen molar-refractivity contribution >= 4 is 0 Å². The molecule has 0 aliphatic rings. The zero-order chi connectivity index (χ0) is 13.9. The topological polar surface area (TPSA) is 40.5 Å². The van der Waals surface area contributed by atoms with Crippen molar-refractivity contribution in [1.82, 2.24) is 0 Å². The summed E-state index contributed by atoms with van der Waals surface area (Å²) in [6, 6.07) is 19.9. The molecule has 1 atom stereocenters. The van der Waals surface area contributed by atoms with Gasteiger partial charge in [0, 0.05) is 11.8 Å². The summed E-state index contributed by atoms with van der Waals surface area (Å²) in [7, 11) is 0. The van der Waals surface area contributed by atoms with Crippen LogP contribution in [0, 0.1) is 5.92 Å². The lowest BCUT2D eigenvalue weighted by atomic mass is 9.78. The van der Waals surface area contributed by atoms with Gasteiger partial charge in [-0.05, 0) is 18.1 Å². The molecule has 19 heavy (non-hydrogen) atoms. The molecule has 0 aliphatic carbocycles. The third-order valence-electron chi connectivity index (χ3n) is 3.68. The zero-order valence-corrected chi connectivity index (χ0v) is 11.3. The van der Waals surface area contributed by atoms with E-state index in [-0.39, 0.29) is 11.8 Å². The second-order valence-corrected chi connectivity index (χ2v) is 5.18. The van der Waals surface area contributed by atoms with Crippen LogP contribution < -0.4 is 0 Å². The quantitative estimate of drug-likeness (QED) is 0.825. The first kappa shape index (κ1) is 13.8. The van der Waals surface area contributed by atoms with Crippen LogP contribution in [0.25, 0.3) is 0 Å². The molecule has 2 rings (SSSR count). The maximum atomic E-state index is 9.93. The van der Waals surface area contributed by atoms with Gasteiger partial charge in [-0.3, -0.25) is 0 Å². The molecule has 0 saturated carbocycles. The predicted molar refractivity (Wildman–Crippen MR) is 76.7 cm³/mol. The minimum absolute atomic E-state index is 0.0394. The molecule has 0 aliphatic heterocycles. The lowest BCUT2D eigenvalue weighted by Gasteiger charge is -2.32. The molecule has 0 radical (unpaired) electrons. The highest BCUT2D eigenvalue weighted by atomic mass is 16.5. The minimum atomic E-state index is -1.71. The van der Waals surface area contributed by atoms with Gasteiger partial charge in [0.05, 0.1) is 0 Å². The molecule has 0 fully saturated rings. The van der Waals surface area contributed by atoms with Gasteiger partial charge in [0.1, 0.15) is 0 Å². The molecule has 2 nitrogen and oxygen atoms in total. The van der Waals surface area contributed by atoms with Crippen molar-refractivity contribution in [3.8, 4) is 0 Å². The molecule has 1 unspecified atom stereocenters. The monoisotopic (exact) mass is 256 g/mol. The summed E-state index contributed by atoms with van der Waals surface area (Å²) >= 11 is 0. The van der Waals surface area contributed by atoms with E-state index in [1.54, 1.807) is 0 Å². The summed E-state index contributed by atoms with van der Waals surface area (Å²) in [6.07, 6.45) is 0. The van der Waals surface area contributed by atoms with Gasteiger partial charge in [0.25, 0.3) is 0 Å². The van der Waals surface area contributed by atoms with E-state index in [1.165, 1.54) is 6.92 Å². The molecule has 0 aromatic heterocycles. The van der Waals surface area contributed by atoms with Crippen LogP contribution in [0.15, 0.2) is 60.7 Å². The first-order chi connectivity index (χ1) is 9.00. The van der Waals surface area contributed by atoms with Gasteiger partial charge in [0.15, 0.2) is 5.79 Å². The summed E-state index contributed by atoms with van der Waals surface area (Å²) in [5, 5.41) is 19.9. The summed E-state index contributed by atoms with van der Waals surface area (Å²) in [5.41, 5.74) is 2.19. The van der Waals surface area contributed by atoms with Crippen molar-refractivity contribution in [3.63, 3.8) is 0 Å². The smallest absolute Gasteiger partial charge is 0.163 e. The van der Waals surface area contributed by atoms with Gasteiger partial charge in [-0.15, -0.1) is 0 Å². The highest BCUT2D eigenvalue weighted by molar-refractivity contribution is 5.33. The maximum Gasteiger partial charge on any atom is 0.163 e. The van der Waals surface area contributed by atoms with Crippen LogP contribution in [0.1, 0.15) is 30.9 Å². The molecule has 2 heteroatoms. The SMILES string of the molecule is CC(C(c1ccccc1)c1ccccc1)C(C)(O)O. The average molecular weight is 256 g/mol. The summed E-state index contributed by atoms with van der Waals surface area (Å²) in [5.74, 6) is -2.06. The normalized spacial score (nSPS) is 13.5. The van der Waals surface area contributed by atoms with E-state index in [2.05, 4.69) is 0 Å². The van der Waals surface area contributed by atoms with Gasteiger partial charge in [-0.1, -0.05) is 67.6 Å². The summed E-state index contributed by atoms with van der Waals surface area (Å²) in [4.78, 5) is 0. The highest BCUT2D eigenvalue weighted by Crippen LogP contribution is 2.36. The zero-order valence-electron chi connectivity index (χ0n) is 11.3. The fourth-order valence-electron chi connectivity index (χ4n) is 2.41. The maximum absolute atomic E-state index is 9.93. The molecular weight excluding hydrogens is 236 g/mol. The van der Waals surface area contributed by atoms with Crippen molar-refractivity contribution in [2.75, 3.05) is 0 Å². The number of aliphatic hydroxyl groups is 2. The molecule has 0 spiro atoms. The molecule has 0 heterocycles. The van der Waals surface area contributed by atoms with Crippen LogP contribution in [0.2, 0.25) is 0 Å². The molecule has 2 N–H and O–H groups in total. The van der Waals surface area contributed by atoms with Crippen LogP contribution in [0.4, 0.5) is 0 Å². The number of benzene rings is 2. The van der Waals surface area contributed by atoms with Gasteiger partial charge in [-0.25, -0.2) is 0 Å². The Labute approximate surface area is 114 Å². The van der Waals surface area contributed by atoms with Gasteiger partial charge in [-0.2, -0.15) is 0 Å². The van der Waals surface area contributed by atoms with Crippen LogP contribution in [0.3, 0.4) is 0 Å². The highest BCUT2D eigenvalue weighted by Gasteiger charge is 2.33. The summed E-state index contributed by atoms with van der Waals surface area (Å²) < 4.78 is 0. The lowest BCUT2D eigenvalue weighted by molar-refractivity contribution is -0.183. The third-order valence-corrected chi connectivity index (χ3v) is 3.68. The van der Waals surface area contributed by atoms with Gasteiger partial charge < -0.3 is 10.2 Å². The largest absolute Gasteiger partial charge is 0.366 e. The van der Waals surface area contributed by atoms with Crippen molar-refractivity contribution in [3.05, 3.63) is 71.8 Å². The number of rotatable bonds is 4. The van der Waals surface area contributed by atoms with E-state index in [9.17, 15) is 10.2 Å². The number of hydrogen-bond acceptors (Lipinski definition) is 2. The van der Waals surface area contributed by atoms with E-state index < -0.39 is 5.79 Å². The Hall–Kier alpha value is -1.64. The standard InChI is InChI=1S/C17H20O2/c1-13(17(2,18)19)16(14-9-5-3-6-10-14)15-11-7-4-8-12-15/h3-13,16,18-19H,1-2H3. The Kier molecular flexibility index (Phi) is 4.03. The van der Waals surface area contributed by atoms with Gasteiger partial charge in [0.2, 0.25) is 0 Å². The van der Waals surface area contributed by atoms with Crippen molar-refractivity contribution < 1.29 is 10.2 Å². The molecule has 100 valence electrons. The van der Waals surface area contributed by atoms with Crippen LogP contribution in [-0.4, -0.2) is 16.0 Å². The molecular formula is C17H20O2. The van der Waals surface area contributed by atoms with E-state index in [1.807, 2.05) is 67.6 Å². The van der Waals surface area contributed by atoms with Crippen molar-refractivity contribution in [2.45, 2.75) is 25.6 Å². The third kappa shape index (κ3) is 3.22. The van der Waals surface area contributed by atoms with Crippen molar-refractivity contribution in [2.24, 2.45) is 5.92 Å². The first-order valence-electron chi connectivity index (χ1n) is 6.55. The van der Waals surface area contributed by atoms with Gasteiger partial charge >= 0.3 is 0 Å². The van der Waals surface area contributed by atoms with Crippen molar-refractivity contribution in [1.29, 1.82) is 0 Å². The Morgan fingerprint density at radius 2 is 1.16 bits per heavy atom. The minimum Gasteiger partial charge on any atom is -0.366 e. The van der Waals surface area contributed by atoms with Crippen LogP contribution in [-0.2, 0) is 0 Å². The Balaban J connectivity index is 2.46. The Bertz CT molecular complexity index is 460. The van der Waals surface area contributed by atoms with Crippen LogP contribution >= 0.6 is 0 Å². The average Bonchev–Trinajstić information content (AvgIpc) is 2.40. The molecule has 0 bridgehead atoms. The Morgan fingerprint density at radius 1 is 0.789 bits per heavy atom. The lowest BCUT2D eigenvalue weighted by Crippen LogP contribution is -2.36. The van der Waals surface area contributed by atoms with E-state index >= 15 is 0 Å². The molecule has 0 saturated heterocycles. The fourth-order valence-corrected chi connectivity index (χ4v) is 2.41. The number of hydrogen-bond donors (Lipinski definition) is 2. The molecule has 2 aromatic rings. The fraction of sp³-hybridized carbons (Fsp3) is 0.294. The molecule has 0 amide bonds. The molecule has 2 aromatic carbocycles. The Morgan fingerprint density at radius 3 is 1.47 bits per heavy atom. The first-order valence-corrected chi connectivity index (χ1v) is 6.55.